The number of benzene rings is 1. The molecule has 0 radical (unpaired) electrons. The van der Waals surface area contributed by atoms with Crippen molar-refractivity contribution in [2.45, 2.75) is 13.8 Å². The van der Waals surface area contributed by atoms with Gasteiger partial charge in [0.15, 0.2) is 0 Å². The Morgan fingerprint density at radius 2 is 1.83 bits per heavy atom. The molecule has 0 saturated carbocycles. The van der Waals surface area contributed by atoms with E-state index in [2.05, 4.69) is 4.72 Å². The Morgan fingerprint density at radius 1 is 1.22 bits per heavy atom. The molecule has 0 spiro atoms. The summed E-state index contributed by atoms with van der Waals surface area (Å²) >= 11 is 0. The second kappa shape index (κ2) is 5.52. The SMILES string of the molecule is CC(C)CS(=O)(=O)Nc1ccc(C#N)c(C#N)c1. The fourth-order valence-corrected chi connectivity index (χ4v) is 2.90. The Hall–Kier alpha value is -2.05. The molecule has 0 amide bonds. The van der Waals surface area contributed by atoms with Crippen LogP contribution in [0.1, 0.15) is 25.0 Å². The molecule has 0 heterocycles. The topological polar surface area (TPSA) is 93.8 Å². The summed E-state index contributed by atoms with van der Waals surface area (Å²) in [5.74, 6) is 0.0193. The van der Waals surface area contributed by atoms with Gasteiger partial charge in [0.2, 0.25) is 10.0 Å². The van der Waals surface area contributed by atoms with Crippen LogP contribution in [-0.2, 0) is 10.0 Å². The first-order chi connectivity index (χ1) is 8.38. The number of anilines is 1. The molecule has 0 fully saturated rings. The van der Waals surface area contributed by atoms with Crippen LogP contribution in [0.4, 0.5) is 5.69 Å². The number of nitrogens with zero attached hydrogens (tertiary/aromatic N) is 2. The van der Waals surface area contributed by atoms with Crippen molar-refractivity contribution in [3.05, 3.63) is 29.3 Å². The van der Waals surface area contributed by atoms with Gasteiger partial charge in [-0.15, -0.1) is 0 Å². The van der Waals surface area contributed by atoms with Crippen molar-refractivity contribution in [3.63, 3.8) is 0 Å². The van der Waals surface area contributed by atoms with Crippen molar-refractivity contribution >= 4 is 15.7 Å². The Balaban J connectivity index is 3.01. The van der Waals surface area contributed by atoms with Crippen molar-refractivity contribution in [3.8, 4) is 12.1 Å². The molecule has 0 unspecified atom stereocenters. The van der Waals surface area contributed by atoms with E-state index in [4.69, 9.17) is 10.5 Å². The number of nitrogens with one attached hydrogen (secondary N) is 1. The van der Waals surface area contributed by atoms with Crippen LogP contribution in [0.2, 0.25) is 0 Å². The molecule has 5 nitrogen and oxygen atoms in total. The smallest absolute Gasteiger partial charge is 0.232 e. The van der Waals surface area contributed by atoms with E-state index in [9.17, 15) is 8.42 Å². The molecule has 18 heavy (non-hydrogen) atoms. The molecule has 0 saturated heterocycles. The number of hydrogen-bond donors (Lipinski definition) is 1. The Bertz CT molecular complexity index is 622. The molecule has 0 aliphatic heterocycles. The second-order valence-corrected chi connectivity index (χ2v) is 6.03. The lowest BCUT2D eigenvalue weighted by atomic mass is 10.1. The first-order valence-electron chi connectivity index (χ1n) is 5.32. The molecule has 1 aromatic carbocycles. The third-order valence-corrected chi connectivity index (χ3v) is 3.74. The first-order valence-corrected chi connectivity index (χ1v) is 6.98. The standard InChI is InChI=1S/C12H13N3O2S/c1-9(2)8-18(16,17)15-12-4-3-10(6-13)11(5-12)7-14/h3-5,9,15H,8H2,1-2H3. The minimum Gasteiger partial charge on any atom is -0.284 e. The minimum absolute atomic E-state index is 0.00882. The van der Waals surface area contributed by atoms with E-state index in [0.29, 0.717) is 5.69 Å². The number of rotatable bonds is 4. The fourth-order valence-electron chi connectivity index (χ4n) is 1.46. The molecule has 1 aromatic rings. The largest absolute Gasteiger partial charge is 0.284 e. The lowest BCUT2D eigenvalue weighted by molar-refractivity contribution is 0.587. The summed E-state index contributed by atoms with van der Waals surface area (Å²) in [5, 5.41) is 17.6. The molecular weight excluding hydrogens is 250 g/mol. The average Bonchev–Trinajstić information content (AvgIpc) is 2.26. The number of sulfonamides is 1. The van der Waals surface area contributed by atoms with E-state index in [1.54, 1.807) is 13.8 Å². The summed E-state index contributed by atoms with van der Waals surface area (Å²) < 4.78 is 25.8. The number of nitriles is 2. The van der Waals surface area contributed by atoms with Crippen LogP contribution in [0.25, 0.3) is 0 Å². The van der Waals surface area contributed by atoms with Gasteiger partial charge in [-0.25, -0.2) is 8.42 Å². The molecule has 0 aliphatic carbocycles. The van der Waals surface area contributed by atoms with Crippen LogP contribution in [0.3, 0.4) is 0 Å². The van der Waals surface area contributed by atoms with Gasteiger partial charge < -0.3 is 0 Å². The highest BCUT2D eigenvalue weighted by Gasteiger charge is 2.13. The lowest BCUT2D eigenvalue weighted by Crippen LogP contribution is -2.20. The third-order valence-electron chi connectivity index (χ3n) is 2.09. The molecule has 1 N–H and O–H groups in total. The average molecular weight is 263 g/mol. The van der Waals surface area contributed by atoms with Gasteiger partial charge in [-0.1, -0.05) is 13.8 Å². The van der Waals surface area contributed by atoms with E-state index < -0.39 is 10.0 Å². The summed E-state index contributed by atoms with van der Waals surface area (Å²) in [5.41, 5.74) is 0.678. The predicted molar refractivity (Wildman–Crippen MR) is 68.1 cm³/mol. The molecule has 94 valence electrons. The maximum Gasteiger partial charge on any atom is 0.232 e. The van der Waals surface area contributed by atoms with Gasteiger partial charge in [0.1, 0.15) is 12.1 Å². The maximum atomic E-state index is 11.7. The van der Waals surface area contributed by atoms with Gasteiger partial charge in [0.05, 0.1) is 16.9 Å². The molecule has 0 atom stereocenters. The quantitative estimate of drug-likeness (QED) is 0.896. The monoisotopic (exact) mass is 263 g/mol. The summed E-state index contributed by atoms with van der Waals surface area (Å²) in [4.78, 5) is 0. The van der Waals surface area contributed by atoms with E-state index in [1.807, 2.05) is 12.1 Å². The zero-order valence-corrected chi connectivity index (χ0v) is 11.0. The number of hydrogen-bond acceptors (Lipinski definition) is 4. The van der Waals surface area contributed by atoms with Crippen LogP contribution in [0.5, 0.6) is 0 Å². The summed E-state index contributed by atoms with van der Waals surface area (Å²) in [6, 6.07) is 7.97. The highest BCUT2D eigenvalue weighted by atomic mass is 32.2. The van der Waals surface area contributed by atoms with E-state index in [1.165, 1.54) is 18.2 Å². The zero-order chi connectivity index (χ0) is 13.8. The normalized spacial score (nSPS) is 10.7. The van der Waals surface area contributed by atoms with Crippen LogP contribution >= 0.6 is 0 Å². The first kappa shape index (κ1) is 14.0. The molecular formula is C12H13N3O2S. The van der Waals surface area contributed by atoms with Crippen molar-refractivity contribution in [1.29, 1.82) is 10.5 Å². The molecule has 0 bridgehead atoms. The van der Waals surface area contributed by atoms with Crippen LogP contribution in [0.15, 0.2) is 18.2 Å². The Labute approximate surface area is 107 Å². The van der Waals surface area contributed by atoms with Gasteiger partial charge in [0, 0.05) is 5.69 Å². The van der Waals surface area contributed by atoms with Crippen molar-refractivity contribution < 1.29 is 8.42 Å². The molecule has 6 heteroatoms. The van der Waals surface area contributed by atoms with Crippen LogP contribution < -0.4 is 4.72 Å². The third kappa shape index (κ3) is 3.76. The van der Waals surface area contributed by atoms with Crippen molar-refractivity contribution in [2.75, 3.05) is 10.5 Å². The second-order valence-electron chi connectivity index (χ2n) is 4.26. The van der Waals surface area contributed by atoms with E-state index in [-0.39, 0.29) is 22.8 Å². The highest BCUT2D eigenvalue weighted by molar-refractivity contribution is 7.92. The zero-order valence-electron chi connectivity index (χ0n) is 10.1. The van der Waals surface area contributed by atoms with Gasteiger partial charge in [-0.3, -0.25) is 4.72 Å². The Kier molecular flexibility index (Phi) is 4.30. The van der Waals surface area contributed by atoms with E-state index in [0.717, 1.165) is 0 Å². The van der Waals surface area contributed by atoms with Crippen LogP contribution in [0, 0.1) is 28.6 Å². The molecule has 0 aliphatic rings. The van der Waals surface area contributed by atoms with Gasteiger partial charge in [-0.2, -0.15) is 10.5 Å². The van der Waals surface area contributed by atoms with E-state index >= 15 is 0 Å². The van der Waals surface area contributed by atoms with Gasteiger partial charge >= 0.3 is 0 Å². The van der Waals surface area contributed by atoms with Gasteiger partial charge in [-0.05, 0) is 24.1 Å². The summed E-state index contributed by atoms with van der Waals surface area (Å²) in [6.45, 7) is 3.61. The molecule has 0 aromatic heterocycles. The van der Waals surface area contributed by atoms with Crippen LogP contribution in [-0.4, -0.2) is 14.2 Å². The van der Waals surface area contributed by atoms with Gasteiger partial charge in [0.25, 0.3) is 0 Å². The predicted octanol–water partition coefficient (Wildman–Crippen LogP) is 1.83. The fraction of sp³-hybridized carbons (Fsp3) is 0.333. The van der Waals surface area contributed by atoms with Crippen molar-refractivity contribution in [1.82, 2.24) is 0 Å². The maximum absolute atomic E-state index is 11.7. The Morgan fingerprint density at radius 3 is 2.33 bits per heavy atom. The summed E-state index contributed by atoms with van der Waals surface area (Å²) in [6.07, 6.45) is 0. The molecule has 1 rings (SSSR count). The summed E-state index contributed by atoms with van der Waals surface area (Å²) in [7, 11) is -3.42. The highest BCUT2D eigenvalue weighted by Crippen LogP contribution is 2.16. The lowest BCUT2D eigenvalue weighted by Gasteiger charge is -2.10. The van der Waals surface area contributed by atoms with Crippen molar-refractivity contribution in [2.24, 2.45) is 5.92 Å². The minimum atomic E-state index is -3.42.